The number of fused-ring (bicyclic) bond motifs is 2. The van der Waals surface area contributed by atoms with Gasteiger partial charge in [0, 0.05) is 34.1 Å². The van der Waals surface area contributed by atoms with Crippen LogP contribution in [0.4, 0.5) is 0 Å². The first-order valence-corrected chi connectivity index (χ1v) is 13.6. The summed E-state index contributed by atoms with van der Waals surface area (Å²) < 4.78 is 0. The van der Waals surface area contributed by atoms with Crippen LogP contribution in [0.3, 0.4) is 0 Å². The number of aromatic amines is 2. The number of allylic oxidation sites excluding steroid dienone is 5. The van der Waals surface area contributed by atoms with E-state index in [1.807, 2.05) is 32.2 Å². The van der Waals surface area contributed by atoms with Crippen LogP contribution in [0.2, 0.25) is 0 Å². The number of carbonyl (C=O) groups excluding carboxylic acids is 1. The van der Waals surface area contributed by atoms with Crippen LogP contribution in [0.15, 0.2) is 77.6 Å². The zero-order valence-corrected chi connectivity index (χ0v) is 22.3. The molecule has 1 aliphatic carbocycles. The second kappa shape index (κ2) is 9.87. The lowest BCUT2D eigenvalue weighted by atomic mass is 10.0. The van der Waals surface area contributed by atoms with E-state index < -0.39 is 0 Å². The maximum Gasteiger partial charge on any atom is 0.224 e. The van der Waals surface area contributed by atoms with Gasteiger partial charge in [-0.3, -0.25) is 14.9 Å². The largest absolute Gasteiger partial charge is 0.335 e. The monoisotopic (exact) mass is 520 g/mol. The average molecular weight is 521 g/mol. The van der Waals surface area contributed by atoms with E-state index in [9.17, 15) is 4.79 Å². The van der Waals surface area contributed by atoms with Gasteiger partial charge in [0.05, 0.1) is 17.2 Å². The molecular formula is C30H28N6OS. The standard InChI is InChI=1S/C30H28N6OS/c1-17(2)11-27(37)32-21-12-18(3)6-7-19(13-21)20-8-9-24-22(14-20)29(36-35-24)30-33-25-16-31-15-23(28(25)34-30)26-5-4-10-38-26/h4-5,7-10,12-17H,6,11H2,1-3H3,(H,32,37)(H,33,34)(H,35,36). The van der Waals surface area contributed by atoms with Gasteiger partial charge in [0.1, 0.15) is 11.2 Å². The van der Waals surface area contributed by atoms with Crippen LogP contribution in [0, 0.1) is 5.92 Å². The third kappa shape index (κ3) is 4.70. The van der Waals surface area contributed by atoms with Crippen molar-refractivity contribution in [1.82, 2.24) is 30.5 Å². The lowest BCUT2D eigenvalue weighted by Gasteiger charge is -2.09. The molecule has 0 bridgehead atoms. The van der Waals surface area contributed by atoms with Gasteiger partial charge >= 0.3 is 0 Å². The minimum absolute atomic E-state index is 0.0328. The third-order valence-corrected chi connectivity index (χ3v) is 7.44. The molecule has 1 aliphatic rings. The fourth-order valence-electron chi connectivity index (χ4n) is 4.75. The number of H-pyrrole nitrogens is 2. The van der Waals surface area contributed by atoms with Crippen LogP contribution in [0.5, 0.6) is 0 Å². The van der Waals surface area contributed by atoms with Gasteiger partial charge in [0.15, 0.2) is 5.82 Å². The van der Waals surface area contributed by atoms with E-state index in [-0.39, 0.29) is 5.91 Å². The molecule has 0 atom stereocenters. The quantitative estimate of drug-likeness (QED) is 0.224. The highest BCUT2D eigenvalue weighted by Crippen LogP contribution is 2.34. The lowest BCUT2D eigenvalue weighted by Crippen LogP contribution is -2.23. The molecule has 4 heterocycles. The van der Waals surface area contributed by atoms with Crippen LogP contribution < -0.4 is 5.32 Å². The molecule has 190 valence electrons. The van der Waals surface area contributed by atoms with Crippen LogP contribution in [0.1, 0.15) is 39.2 Å². The number of imidazole rings is 1. The highest BCUT2D eigenvalue weighted by atomic mass is 32.1. The van der Waals surface area contributed by atoms with Gasteiger partial charge in [-0.2, -0.15) is 5.10 Å². The Kier molecular flexibility index (Phi) is 6.25. The highest BCUT2D eigenvalue weighted by Gasteiger charge is 2.17. The number of rotatable bonds is 6. The van der Waals surface area contributed by atoms with Gasteiger partial charge in [-0.25, -0.2) is 4.98 Å². The number of pyridine rings is 1. The summed E-state index contributed by atoms with van der Waals surface area (Å²) in [6.07, 6.45) is 11.3. The number of hydrogen-bond donors (Lipinski definition) is 3. The van der Waals surface area contributed by atoms with Gasteiger partial charge in [-0.15, -0.1) is 11.3 Å². The Morgan fingerprint density at radius 3 is 2.87 bits per heavy atom. The van der Waals surface area contributed by atoms with Crippen molar-refractivity contribution in [2.45, 2.75) is 33.6 Å². The van der Waals surface area contributed by atoms with E-state index >= 15 is 0 Å². The molecule has 0 unspecified atom stereocenters. The second-order valence-corrected chi connectivity index (χ2v) is 11.0. The molecule has 0 spiro atoms. The van der Waals surface area contributed by atoms with Crippen molar-refractivity contribution in [3.63, 3.8) is 0 Å². The van der Waals surface area contributed by atoms with Crippen molar-refractivity contribution in [2.24, 2.45) is 5.92 Å². The minimum atomic E-state index is 0.0328. The molecule has 0 saturated heterocycles. The summed E-state index contributed by atoms with van der Waals surface area (Å²) in [5.74, 6) is 1.03. The Bertz CT molecular complexity index is 1750. The zero-order chi connectivity index (χ0) is 26.2. The maximum atomic E-state index is 12.5. The molecule has 0 aliphatic heterocycles. The molecule has 7 nitrogen and oxygen atoms in total. The van der Waals surface area contributed by atoms with Gasteiger partial charge in [0.25, 0.3) is 0 Å². The first kappa shape index (κ1) is 24.1. The molecular weight excluding hydrogens is 492 g/mol. The minimum Gasteiger partial charge on any atom is -0.335 e. The number of carbonyl (C=O) groups is 1. The van der Waals surface area contributed by atoms with Gasteiger partial charge < -0.3 is 10.3 Å². The summed E-state index contributed by atoms with van der Waals surface area (Å²) >= 11 is 1.67. The van der Waals surface area contributed by atoms with Crippen molar-refractivity contribution in [1.29, 1.82) is 0 Å². The molecule has 1 aromatic carbocycles. The summed E-state index contributed by atoms with van der Waals surface area (Å²) in [4.78, 5) is 26.4. The smallest absolute Gasteiger partial charge is 0.224 e. The molecule has 0 fully saturated rings. The Balaban J connectivity index is 1.38. The van der Waals surface area contributed by atoms with Crippen molar-refractivity contribution < 1.29 is 4.79 Å². The molecule has 0 radical (unpaired) electrons. The van der Waals surface area contributed by atoms with E-state index in [0.717, 1.165) is 61.3 Å². The van der Waals surface area contributed by atoms with Crippen LogP contribution in [-0.4, -0.2) is 31.1 Å². The molecule has 38 heavy (non-hydrogen) atoms. The summed E-state index contributed by atoms with van der Waals surface area (Å²) in [7, 11) is 0. The normalized spacial score (nSPS) is 13.9. The van der Waals surface area contributed by atoms with E-state index in [2.05, 4.69) is 74.2 Å². The van der Waals surface area contributed by atoms with E-state index in [0.29, 0.717) is 18.2 Å². The van der Waals surface area contributed by atoms with Gasteiger partial charge in [-0.05, 0) is 66.1 Å². The Labute approximate surface area is 224 Å². The summed E-state index contributed by atoms with van der Waals surface area (Å²) in [5, 5.41) is 13.9. The highest BCUT2D eigenvalue weighted by molar-refractivity contribution is 7.13. The molecule has 6 rings (SSSR count). The molecule has 1 amide bonds. The summed E-state index contributed by atoms with van der Waals surface area (Å²) in [6, 6.07) is 10.4. The topological polar surface area (TPSA) is 99.3 Å². The number of amides is 1. The number of nitrogens with zero attached hydrogens (tertiary/aromatic N) is 3. The number of aromatic nitrogens is 5. The predicted octanol–water partition coefficient (Wildman–Crippen LogP) is 7.01. The number of hydrogen-bond acceptors (Lipinski definition) is 5. The van der Waals surface area contributed by atoms with Crippen molar-refractivity contribution in [3.05, 3.63) is 83.2 Å². The molecule has 5 aromatic rings. The zero-order valence-electron chi connectivity index (χ0n) is 21.5. The lowest BCUT2D eigenvalue weighted by molar-refractivity contribution is -0.121. The first-order chi connectivity index (χ1) is 18.4. The second-order valence-electron chi connectivity index (χ2n) is 10.1. The molecule has 8 heteroatoms. The van der Waals surface area contributed by atoms with Crippen molar-refractivity contribution >= 4 is 44.8 Å². The summed E-state index contributed by atoms with van der Waals surface area (Å²) in [5.41, 5.74) is 8.56. The first-order valence-electron chi connectivity index (χ1n) is 12.7. The van der Waals surface area contributed by atoms with E-state index in [1.54, 1.807) is 17.5 Å². The Hall–Kier alpha value is -4.30. The fraction of sp³-hybridized carbons (Fsp3) is 0.200. The summed E-state index contributed by atoms with van der Waals surface area (Å²) in [6.45, 7) is 6.18. The molecule has 4 aromatic heterocycles. The van der Waals surface area contributed by atoms with Crippen molar-refractivity contribution in [2.75, 3.05) is 0 Å². The Morgan fingerprint density at radius 1 is 1.16 bits per heavy atom. The Morgan fingerprint density at radius 2 is 2.05 bits per heavy atom. The molecule has 3 N–H and O–H groups in total. The predicted molar refractivity (Wildman–Crippen MR) is 154 cm³/mol. The number of nitrogens with one attached hydrogen (secondary N) is 3. The number of benzene rings is 1. The van der Waals surface area contributed by atoms with Crippen LogP contribution in [0.25, 0.3) is 49.5 Å². The van der Waals surface area contributed by atoms with E-state index in [4.69, 9.17) is 4.98 Å². The van der Waals surface area contributed by atoms with Gasteiger partial charge in [0.2, 0.25) is 5.91 Å². The third-order valence-electron chi connectivity index (χ3n) is 6.54. The SMILES string of the molecule is CC1=CC(NC(=O)CC(C)C)=CC(c2ccc3[nH]nc(-c4nc5c(-c6cccs6)cncc5[nH]4)c3c2)=CC1. The van der Waals surface area contributed by atoms with E-state index in [1.165, 1.54) is 5.57 Å². The number of thiophene rings is 1. The molecule has 0 saturated carbocycles. The van der Waals surface area contributed by atoms with Gasteiger partial charge in [-0.1, -0.05) is 37.6 Å². The van der Waals surface area contributed by atoms with Crippen molar-refractivity contribution in [3.8, 4) is 22.0 Å². The average Bonchev–Trinajstić information content (AvgIpc) is 3.62. The fourth-order valence-corrected chi connectivity index (χ4v) is 5.49. The maximum absolute atomic E-state index is 12.5. The van der Waals surface area contributed by atoms with Crippen LogP contribution in [-0.2, 0) is 4.79 Å². The van der Waals surface area contributed by atoms with Crippen LogP contribution >= 0.6 is 11.3 Å².